The van der Waals surface area contributed by atoms with Crippen LogP contribution in [0.4, 0.5) is 0 Å². The fourth-order valence-electron chi connectivity index (χ4n) is 3.64. The van der Waals surface area contributed by atoms with E-state index in [0.717, 1.165) is 51.5 Å². The number of nitrogens with zero attached hydrogens (tertiary/aromatic N) is 1. The molecule has 0 radical (unpaired) electrons. The van der Waals surface area contributed by atoms with E-state index in [1.54, 1.807) is 18.9 Å². The summed E-state index contributed by atoms with van der Waals surface area (Å²) in [5, 5.41) is 0.877. The second-order valence-corrected chi connectivity index (χ2v) is 7.48. The third-order valence-corrected chi connectivity index (χ3v) is 6.28. The maximum Gasteiger partial charge on any atom is 0.240 e. The molecule has 0 saturated carbocycles. The number of fused-ring (bicyclic) bond motifs is 5. The van der Waals surface area contributed by atoms with Crippen LogP contribution in [0.15, 0.2) is 47.4 Å². The Bertz CT molecular complexity index is 975. The van der Waals surface area contributed by atoms with E-state index < -0.39 is 0 Å². The van der Waals surface area contributed by atoms with E-state index in [4.69, 9.17) is 4.74 Å². The molecule has 2 heterocycles. The highest BCUT2D eigenvalue weighted by molar-refractivity contribution is 8.00. The Balaban J connectivity index is 1.94. The van der Waals surface area contributed by atoms with Gasteiger partial charge in [-0.2, -0.15) is 0 Å². The molecule has 1 amide bonds. The number of H-pyrrole nitrogens is 1. The van der Waals surface area contributed by atoms with Gasteiger partial charge < -0.3 is 14.6 Å². The second kappa shape index (κ2) is 6.72. The van der Waals surface area contributed by atoms with Crippen molar-refractivity contribution in [2.75, 3.05) is 20.2 Å². The monoisotopic (exact) mass is 366 g/mol. The van der Waals surface area contributed by atoms with E-state index in [-0.39, 0.29) is 11.2 Å². The van der Waals surface area contributed by atoms with E-state index >= 15 is 0 Å². The van der Waals surface area contributed by atoms with Gasteiger partial charge in [0.15, 0.2) is 0 Å². The van der Waals surface area contributed by atoms with Crippen LogP contribution in [0.5, 0.6) is 5.75 Å². The number of hydrogen-bond donors (Lipinski definition) is 1. The van der Waals surface area contributed by atoms with Crippen LogP contribution in [0.3, 0.4) is 0 Å². The van der Waals surface area contributed by atoms with Gasteiger partial charge in [-0.15, -0.1) is 11.8 Å². The van der Waals surface area contributed by atoms with Crippen molar-refractivity contribution < 1.29 is 9.53 Å². The van der Waals surface area contributed by atoms with Crippen LogP contribution < -0.4 is 4.74 Å². The molecule has 1 aromatic heterocycles. The van der Waals surface area contributed by atoms with Gasteiger partial charge in [-0.1, -0.05) is 18.2 Å². The number of para-hydroxylation sites is 1. The first-order valence-corrected chi connectivity index (χ1v) is 9.80. The zero-order chi connectivity index (χ0) is 18.3. The summed E-state index contributed by atoms with van der Waals surface area (Å²) in [5.74, 6) is 0.976. The van der Waals surface area contributed by atoms with Crippen molar-refractivity contribution in [3.8, 4) is 17.0 Å². The molecule has 3 aromatic rings. The second-order valence-electron chi connectivity index (χ2n) is 6.33. The predicted molar refractivity (Wildman–Crippen MR) is 107 cm³/mol. The molecule has 2 aromatic carbocycles. The number of amides is 1. The number of nitrogens with one attached hydrogen (secondary N) is 1. The van der Waals surface area contributed by atoms with Gasteiger partial charge in [0.25, 0.3) is 0 Å². The first-order valence-electron chi connectivity index (χ1n) is 8.92. The third kappa shape index (κ3) is 2.58. The van der Waals surface area contributed by atoms with E-state index in [1.807, 2.05) is 43.0 Å². The summed E-state index contributed by atoms with van der Waals surface area (Å²) in [7, 11) is 1.67. The normalized spacial score (nSPS) is 15.4. The molecule has 1 aliphatic heterocycles. The van der Waals surface area contributed by atoms with E-state index in [2.05, 4.69) is 23.2 Å². The molecule has 134 valence electrons. The summed E-state index contributed by atoms with van der Waals surface area (Å²) in [4.78, 5) is 19.8. The fraction of sp³-hybridized carbons (Fsp3) is 0.286. The largest absolute Gasteiger partial charge is 0.497 e. The van der Waals surface area contributed by atoms with Crippen molar-refractivity contribution in [1.29, 1.82) is 0 Å². The summed E-state index contributed by atoms with van der Waals surface area (Å²) in [6, 6.07) is 14.3. The molecule has 0 spiro atoms. The van der Waals surface area contributed by atoms with Crippen molar-refractivity contribution in [3.05, 3.63) is 48.0 Å². The molecule has 26 heavy (non-hydrogen) atoms. The highest BCUT2D eigenvalue weighted by Crippen LogP contribution is 2.52. The number of rotatable bonds is 4. The molecule has 1 N–H and O–H groups in total. The summed E-state index contributed by atoms with van der Waals surface area (Å²) < 4.78 is 5.39. The highest BCUT2D eigenvalue weighted by atomic mass is 32.2. The lowest BCUT2D eigenvalue weighted by Crippen LogP contribution is -2.34. The van der Waals surface area contributed by atoms with Gasteiger partial charge in [0.1, 0.15) is 11.0 Å². The summed E-state index contributed by atoms with van der Waals surface area (Å²) in [6.45, 7) is 5.49. The standard InChI is InChI=1S/C21H22N2O2S/c1-4-23(5-2)21(24)20-18-14-8-6-7-9-16(14)22-19(18)15-11-10-13(25-3)12-17(15)26-20/h6-12,20,22H,4-5H2,1-3H3. The molecular weight excluding hydrogens is 344 g/mol. The number of thioether (sulfide) groups is 1. The molecule has 1 aliphatic rings. The molecule has 1 unspecified atom stereocenters. The van der Waals surface area contributed by atoms with Crippen LogP contribution in [0, 0.1) is 0 Å². The first kappa shape index (κ1) is 17.0. The number of hydrogen-bond acceptors (Lipinski definition) is 3. The minimum atomic E-state index is -0.249. The number of methoxy groups -OCH3 is 1. The van der Waals surface area contributed by atoms with Crippen LogP contribution in [0.25, 0.3) is 22.2 Å². The predicted octanol–water partition coefficient (Wildman–Crippen LogP) is 4.86. The van der Waals surface area contributed by atoms with Crippen molar-refractivity contribution in [2.45, 2.75) is 24.0 Å². The topological polar surface area (TPSA) is 45.3 Å². The average Bonchev–Trinajstić information content (AvgIpc) is 3.07. The molecular formula is C21H22N2O2S. The van der Waals surface area contributed by atoms with E-state index in [0.29, 0.717) is 0 Å². The molecule has 4 nitrogen and oxygen atoms in total. The van der Waals surface area contributed by atoms with E-state index in [1.165, 1.54) is 0 Å². The highest BCUT2D eigenvalue weighted by Gasteiger charge is 2.35. The van der Waals surface area contributed by atoms with Crippen molar-refractivity contribution in [1.82, 2.24) is 9.88 Å². The van der Waals surface area contributed by atoms with Crippen LogP contribution in [-0.2, 0) is 4.79 Å². The van der Waals surface area contributed by atoms with Gasteiger partial charge in [-0.05, 0) is 38.1 Å². The van der Waals surface area contributed by atoms with Gasteiger partial charge in [0.05, 0.1) is 12.8 Å². The maximum atomic E-state index is 13.3. The van der Waals surface area contributed by atoms with Crippen LogP contribution in [0.1, 0.15) is 24.7 Å². The minimum Gasteiger partial charge on any atom is -0.497 e. The number of ether oxygens (including phenoxy) is 1. The number of aromatic amines is 1. The molecule has 1 atom stereocenters. The fourth-order valence-corrected chi connectivity index (χ4v) is 4.99. The Morgan fingerprint density at radius 2 is 1.96 bits per heavy atom. The molecule has 0 saturated heterocycles. The zero-order valence-electron chi connectivity index (χ0n) is 15.2. The van der Waals surface area contributed by atoms with Gasteiger partial charge in [-0.25, -0.2) is 0 Å². The Morgan fingerprint density at radius 1 is 1.19 bits per heavy atom. The van der Waals surface area contributed by atoms with Gasteiger partial charge >= 0.3 is 0 Å². The molecule has 0 fully saturated rings. The Morgan fingerprint density at radius 3 is 2.69 bits per heavy atom. The SMILES string of the molecule is CCN(CC)C(=O)C1Sc2cc(OC)ccc2-c2[nH]c3ccccc3c21. The lowest BCUT2D eigenvalue weighted by atomic mass is 10.0. The minimum absolute atomic E-state index is 0.166. The maximum absolute atomic E-state index is 13.3. The smallest absolute Gasteiger partial charge is 0.240 e. The van der Waals surface area contributed by atoms with Gasteiger partial charge in [-0.3, -0.25) is 4.79 Å². The van der Waals surface area contributed by atoms with Crippen molar-refractivity contribution >= 4 is 28.6 Å². The van der Waals surface area contributed by atoms with Crippen LogP contribution in [0.2, 0.25) is 0 Å². The number of carbonyl (C=O) groups excluding carboxylic acids is 1. The number of likely N-dealkylation sites (N-methyl/N-ethyl adjacent to an activating group) is 1. The zero-order valence-corrected chi connectivity index (χ0v) is 16.0. The van der Waals surface area contributed by atoms with Gasteiger partial charge in [0.2, 0.25) is 5.91 Å². The first-order chi connectivity index (χ1) is 12.7. The molecule has 0 aliphatic carbocycles. The molecule has 5 heteroatoms. The van der Waals surface area contributed by atoms with E-state index in [9.17, 15) is 4.79 Å². The lowest BCUT2D eigenvalue weighted by molar-refractivity contribution is -0.130. The van der Waals surface area contributed by atoms with Crippen LogP contribution in [-0.4, -0.2) is 36.0 Å². The number of aromatic nitrogens is 1. The van der Waals surface area contributed by atoms with Crippen molar-refractivity contribution in [3.63, 3.8) is 0 Å². The quantitative estimate of drug-likeness (QED) is 0.717. The van der Waals surface area contributed by atoms with Gasteiger partial charge in [0, 0.05) is 40.0 Å². The number of carbonyl (C=O) groups is 1. The third-order valence-electron chi connectivity index (χ3n) is 5.01. The summed E-state index contributed by atoms with van der Waals surface area (Å²) >= 11 is 1.62. The summed E-state index contributed by atoms with van der Waals surface area (Å²) in [5.41, 5.74) is 4.35. The average molecular weight is 366 g/mol. The van der Waals surface area contributed by atoms with Crippen molar-refractivity contribution in [2.24, 2.45) is 0 Å². The lowest BCUT2D eigenvalue weighted by Gasteiger charge is -2.29. The Hall–Kier alpha value is -2.40. The van der Waals surface area contributed by atoms with Crippen LogP contribution >= 0.6 is 11.8 Å². The molecule has 4 rings (SSSR count). The summed E-state index contributed by atoms with van der Waals surface area (Å²) in [6.07, 6.45) is 0. The Kier molecular flexibility index (Phi) is 4.41. The number of benzene rings is 2. The Labute approximate surface area is 157 Å². The molecule has 0 bridgehead atoms.